The van der Waals surface area contributed by atoms with Gasteiger partial charge in [-0.1, -0.05) is 48.5 Å². The highest BCUT2D eigenvalue weighted by atomic mass is 15.1. The van der Waals surface area contributed by atoms with Crippen molar-refractivity contribution in [1.82, 2.24) is 39.9 Å². The number of H-pyrrole nitrogens is 2. The Morgan fingerprint density at radius 2 is 0.475 bits per heavy atom. The van der Waals surface area contributed by atoms with Gasteiger partial charge in [-0.05, 0) is 142 Å². The maximum atomic E-state index is 9.96. The molecule has 8 bridgehead atoms. The van der Waals surface area contributed by atoms with Crippen molar-refractivity contribution in [2.24, 2.45) is 0 Å². The number of nitrogens with zero attached hydrogens (tertiary/aromatic N) is 14. The van der Waals surface area contributed by atoms with E-state index in [4.69, 9.17) is 29.9 Å². The van der Waals surface area contributed by atoms with Gasteiger partial charge < -0.3 is 9.97 Å². The molecule has 5 heterocycles. The molecule has 11 aromatic rings. The zero-order valence-corrected chi connectivity index (χ0v) is 41.1. The summed E-state index contributed by atoms with van der Waals surface area (Å²) in [6, 6.07) is 60.0. The summed E-state index contributed by atoms with van der Waals surface area (Å²) < 4.78 is 0. The number of hydrogen-bond acceptors (Lipinski definition) is 14. The second-order valence-corrected chi connectivity index (χ2v) is 18.6. The van der Waals surface area contributed by atoms with Crippen molar-refractivity contribution in [2.45, 2.75) is 0 Å². The van der Waals surface area contributed by atoms with Crippen LogP contribution >= 0.6 is 0 Å². The molecular formula is C64H26N16. The summed E-state index contributed by atoms with van der Waals surface area (Å²) in [7, 11) is 0. The lowest BCUT2D eigenvalue weighted by atomic mass is 9.96. The van der Waals surface area contributed by atoms with Gasteiger partial charge in [0.25, 0.3) is 0 Å². The molecule has 0 saturated carbocycles. The van der Waals surface area contributed by atoms with Gasteiger partial charge in [0.05, 0.1) is 44.5 Å². The maximum absolute atomic E-state index is 9.96. The number of benzene rings is 8. The molecule has 80 heavy (non-hydrogen) atoms. The first-order valence-corrected chi connectivity index (χ1v) is 24.4. The summed E-state index contributed by atoms with van der Waals surface area (Å²) in [5.74, 6) is 1.20. The molecule has 8 aromatic carbocycles. The van der Waals surface area contributed by atoms with E-state index in [-0.39, 0.29) is 44.5 Å². The third-order valence-electron chi connectivity index (χ3n) is 14.2. The van der Waals surface area contributed by atoms with E-state index in [1.54, 1.807) is 72.8 Å². The van der Waals surface area contributed by atoms with Crippen molar-refractivity contribution in [3.05, 3.63) is 190 Å². The van der Waals surface area contributed by atoms with E-state index in [0.29, 0.717) is 112 Å². The zero-order valence-electron chi connectivity index (χ0n) is 41.1. The molecule has 16 heteroatoms. The van der Waals surface area contributed by atoms with Crippen molar-refractivity contribution in [3.63, 3.8) is 0 Å². The number of nitriles is 8. The zero-order chi connectivity index (χ0) is 54.8. The van der Waals surface area contributed by atoms with Gasteiger partial charge in [0.15, 0.2) is 23.3 Å². The minimum absolute atomic E-state index is 0.228. The van der Waals surface area contributed by atoms with E-state index in [9.17, 15) is 42.1 Å². The molecule has 0 radical (unpaired) electrons. The van der Waals surface area contributed by atoms with Crippen molar-refractivity contribution in [2.75, 3.05) is 0 Å². The van der Waals surface area contributed by atoms with E-state index >= 15 is 0 Å². The van der Waals surface area contributed by atoms with Gasteiger partial charge in [0, 0.05) is 43.8 Å². The summed E-state index contributed by atoms with van der Waals surface area (Å²) in [6.07, 6.45) is 0. The molecule has 3 aromatic heterocycles. The van der Waals surface area contributed by atoms with Gasteiger partial charge in [-0.2, -0.15) is 42.1 Å². The van der Waals surface area contributed by atoms with E-state index in [2.05, 4.69) is 58.5 Å². The predicted molar refractivity (Wildman–Crippen MR) is 296 cm³/mol. The van der Waals surface area contributed by atoms with Crippen LogP contribution in [-0.4, -0.2) is 39.9 Å². The normalized spacial score (nSPS) is 10.9. The Morgan fingerprint density at radius 1 is 0.225 bits per heavy atom. The Hall–Kier alpha value is -13.0. The molecule has 0 saturated heterocycles. The fourth-order valence-corrected chi connectivity index (χ4v) is 10.2. The van der Waals surface area contributed by atoms with Crippen LogP contribution in [0.15, 0.2) is 146 Å². The summed E-state index contributed by atoms with van der Waals surface area (Å²) >= 11 is 0. The van der Waals surface area contributed by atoms with Crippen LogP contribution in [-0.2, 0) is 0 Å². The van der Waals surface area contributed by atoms with Gasteiger partial charge in [-0.15, -0.1) is 0 Å². The van der Waals surface area contributed by atoms with Crippen LogP contribution in [0, 0.1) is 90.6 Å². The molecule has 2 N–H and O–H groups in total. The first-order valence-electron chi connectivity index (χ1n) is 24.4. The third-order valence-corrected chi connectivity index (χ3v) is 14.2. The Balaban J connectivity index is 1.13. The van der Waals surface area contributed by atoms with E-state index in [1.165, 1.54) is 0 Å². The molecule has 0 fully saturated rings. The molecule has 0 amide bonds. The van der Waals surface area contributed by atoms with Crippen LogP contribution in [0.25, 0.3) is 134 Å². The lowest BCUT2D eigenvalue weighted by Crippen LogP contribution is -1.88. The number of hydrogen-bond donors (Lipinski definition) is 2. The van der Waals surface area contributed by atoms with Crippen LogP contribution in [0.1, 0.15) is 44.5 Å². The van der Waals surface area contributed by atoms with Crippen molar-refractivity contribution < 1.29 is 0 Å². The summed E-state index contributed by atoms with van der Waals surface area (Å²) in [5, 5.41) is 81.3. The van der Waals surface area contributed by atoms with Gasteiger partial charge >= 0.3 is 0 Å². The molecule has 0 unspecified atom stereocenters. The average molecular weight is 1020 g/mol. The quantitative estimate of drug-likeness (QED) is 0.166. The predicted octanol–water partition coefficient (Wildman–Crippen LogP) is 12.5. The fraction of sp³-hybridized carbons (Fsp3) is 0. The third kappa shape index (κ3) is 7.62. The number of aromatic nitrogens is 8. The maximum Gasteiger partial charge on any atom is 0.164 e. The Bertz CT molecular complexity index is 4870. The minimum Gasteiger partial charge on any atom is -0.324 e. The SMILES string of the molecule is N#Cc1ccc(-c2ccc3c(c2)-c2nc-3nc3[nH]c(nc4nc(nc5[nH]c(n2)c2ccc(-c6ccc(C#N)c(C#N)c6)cc52)-c2ccc(-c5ccc(C#N)c(C#N)c5)cc2-4)c2ccc(-c4ccc(C#N)c(C#N)c4)cc32)cc1C#N. The molecule has 0 spiro atoms. The van der Waals surface area contributed by atoms with Crippen molar-refractivity contribution >= 4 is 44.1 Å². The highest BCUT2D eigenvalue weighted by molar-refractivity contribution is 6.08. The number of rotatable bonds is 4. The van der Waals surface area contributed by atoms with Crippen LogP contribution in [0.2, 0.25) is 0 Å². The van der Waals surface area contributed by atoms with E-state index in [0.717, 1.165) is 22.3 Å². The second kappa shape index (κ2) is 18.5. The van der Waals surface area contributed by atoms with Crippen LogP contribution in [0.5, 0.6) is 0 Å². The van der Waals surface area contributed by atoms with Crippen LogP contribution < -0.4 is 0 Å². The Morgan fingerprint density at radius 3 is 0.787 bits per heavy atom. The lowest BCUT2D eigenvalue weighted by Gasteiger charge is -2.06. The Labute approximate surface area is 452 Å². The molecule has 0 atom stereocenters. The molecule has 0 aliphatic carbocycles. The monoisotopic (exact) mass is 1020 g/mol. The van der Waals surface area contributed by atoms with Crippen molar-refractivity contribution in [3.8, 4) is 139 Å². The summed E-state index contributed by atoms with van der Waals surface area (Å²) in [6.45, 7) is 0. The lowest BCUT2D eigenvalue weighted by molar-refractivity contribution is 1.19. The molecule has 2 aliphatic rings. The van der Waals surface area contributed by atoms with Gasteiger partial charge in [0.2, 0.25) is 0 Å². The molecular weight excluding hydrogens is 993 g/mol. The highest BCUT2D eigenvalue weighted by Gasteiger charge is 2.25. The fourth-order valence-electron chi connectivity index (χ4n) is 10.2. The summed E-state index contributed by atoms with van der Waals surface area (Å²) in [4.78, 5) is 38.2. The van der Waals surface area contributed by atoms with Gasteiger partial charge in [-0.3, -0.25) is 0 Å². The van der Waals surface area contributed by atoms with Crippen molar-refractivity contribution in [1.29, 1.82) is 42.1 Å². The standard InChI is InChI=1S/C64H26N16/c65-25-41-5-1-33(17-45(41)29-69)37-9-13-49-53(21-37)61-73-57(49)78-62-55-23-39(35-3-7-43(27-67)47(19-35)31-71)11-15-51(55)59(75-62)80-64-56-24-40(36-4-8-44(28-68)48(20-36)32-72)12-16-52(56)60(76-64)79-63-54-22-38(10-14-50(54)58(74-63)77-61)34-2-6-42(26-66)46(18-34)30-70/h1-24H,(H2,73,74,75,76,77,78,79,80). The molecule has 13 rings (SSSR count). The number of fused-ring (bicyclic) bond motifs is 20. The highest BCUT2D eigenvalue weighted by Crippen LogP contribution is 2.41. The largest absolute Gasteiger partial charge is 0.324 e. The molecule has 16 nitrogen and oxygen atoms in total. The van der Waals surface area contributed by atoms with E-state index in [1.807, 2.05) is 72.8 Å². The first-order chi connectivity index (χ1) is 39.2. The minimum atomic E-state index is 0.228. The van der Waals surface area contributed by atoms with Gasteiger partial charge in [-0.25, -0.2) is 29.9 Å². The smallest absolute Gasteiger partial charge is 0.164 e. The first kappa shape index (κ1) is 46.8. The van der Waals surface area contributed by atoms with Crippen LogP contribution in [0.3, 0.4) is 0 Å². The number of aromatic amines is 2. The number of nitrogens with one attached hydrogen (secondary N) is 2. The van der Waals surface area contributed by atoms with Crippen LogP contribution in [0.4, 0.5) is 0 Å². The topological polar surface area (TPSA) is 299 Å². The summed E-state index contributed by atoms with van der Waals surface area (Å²) in [5.41, 5.74) is 11.6. The Kier molecular flexibility index (Phi) is 10.8. The molecule has 2 aliphatic heterocycles. The average Bonchev–Trinajstić information content (AvgIpc) is 4.28. The molecule has 362 valence electrons. The van der Waals surface area contributed by atoms with E-state index < -0.39 is 0 Å². The second-order valence-electron chi connectivity index (χ2n) is 18.6. The van der Waals surface area contributed by atoms with Gasteiger partial charge in [0.1, 0.15) is 71.1 Å².